The first-order valence-electron chi connectivity index (χ1n) is 19.8. The summed E-state index contributed by atoms with van der Waals surface area (Å²) in [5, 5.41) is 7.36. The number of benzene rings is 8. The zero-order valence-corrected chi connectivity index (χ0v) is 31.9. The van der Waals surface area contributed by atoms with E-state index in [1.165, 1.54) is 66.3 Å². The fourth-order valence-electron chi connectivity index (χ4n) is 9.50. The van der Waals surface area contributed by atoms with Crippen molar-refractivity contribution >= 4 is 33.3 Å². The van der Waals surface area contributed by atoms with Gasteiger partial charge in [-0.05, 0) is 92.5 Å². The summed E-state index contributed by atoms with van der Waals surface area (Å²) in [5.74, 6) is 0.899. The summed E-state index contributed by atoms with van der Waals surface area (Å²) in [4.78, 5) is 2.31. The molecule has 1 unspecified atom stereocenters. The van der Waals surface area contributed by atoms with Crippen LogP contribution in [0, 0.1) is 0 Å². The highest BCUT2D eigenvalue weighted by Gasteiger charge is 2.37. The normalized spacial score (nSPS) is 15.4. The minimum Gasteiger partial charge on any atom is -0.309 e. The molecule has 11 rings (SSSR count). The summed E-state index contributed by atoms with van der Waals surface area (Å²) in [6, 6.07) is 70.3. The Kier molecular flexibility index (Phi) is 7.55. The van der Waals surface area contributed by atoms with Gasteiger partial charge < -0.3 is 4.57 Å². The molecule has 4 heteroatoms. The molecule has 0 bridgehead atoms. The number of nitrogens with zero attached hydrogens (tertiary/aromatic N) is 3. The van der Waals surface area contributed by atoms with Crippen molar-refractivity contribution < 1.29 is 0 Å². The maximum absolute atomic E-state index is 4.87. The zero-order chi connectivity index (χ0) is 38.1. The standard InChI is InChI=1S/C53H40N4/c1-53(2)46-26-13-12-22-43(46)44-25-14-24-42(50(44)53)38-30-33-47-45(34-38)49-41(23-15-27-48(49)56(47)39-20-10-5-11-21-39)35-28-31-40(32-29-35)57-51(36-16-6-3-7-17-36)54-55-52(57)37-18-8-4-9-19-37/h3-34,51,54H,1-2H3. The van der Waals surface area contributed by atoms with Crippen LogP contribution in [0.4, 0.5) is 5.69 Å². The van der Waals surface area contributed by atoms with E-state index in [0.29, 0.717) is 0 Å². The molecule has 1 aliphatic carbocycles. The molecule has 1 aromatic heterocycles. The van der Waals surface area contributed by atoms with Crippen molar-refractivity contribution in [1.29, 1.82) is 0 Å². The van der Waals surface area contributed by atoms with Crippen molar-refractivity contribution in [3.8, 4) is 39.1 Å². The lowest BCUT2D eigenvalue weighted by atomic mass is 9.79. The maximum atomic E-state index is 4.87. The van der Waals surface area contributed by atoms with E-state index in [-0.39, 0.29) is 11.6 Å². The molecule has 57 heavy (non-hydrogen) atoms. The Bertz CT molecular complexity index is 3000. The van der Waals surface area contributed by atoms with E-state index in [4.69, 9.17) is 5.10 Å². The SMILES string of the molecule is CC1(C)c2ccccc2-c2cccc(-c3ccc4c(c3)c3c(-c5ccc(N6C(c7ccccc7)=NNC6c6ccccc6)cc5)cccc3n4-c3ccccc3)c21. The number of nitrogens with one attached hydrogen (secondary N) is 1. The second-order valence-electron chi connectivity index (χ2n) is 15.7. The van der Waals surface area contributed by atoms with E-state index in [0.717, 1.165) is 28.3 Å². The molecule has 272 valence electrons. The van der Waals surface area contributed by atoms with Gasteiger partial charge in [0.1, 0.15) is 6.17 Å². The van der Waals surface area contributed by atoms with Gasteiger partial charge in [0.15, 0.2) is 5.84 Å². The molecular formula is C53H40N4. The molecular weight excluding hydrogens is 693 g/mol. The summed E-state index contributed by atoms with van der Waals surface area (Å²) in [7, 11) is 0. The van der Waals surface area contributed by atoms with Gasteiger partial charge in [-0.15, -0.1) is 0 Å². The first-order valence-corrected chi connectivity index (χ1v) is 19.8. The van der Waals surface area contributed by atoms with Crippen LogP contribution in [0.3, 0.4) is 0 Å². The number of hydrogen-bond acceptors (Lipinski definition) is 3. The third-order valence-corrected chi connectivity index (χ3v) is 12.1. The molecule has 0 saturated carbocycles. The van der Waals surface area contributed by atoms with Crippen molar-refractivity contribution in [3.63, 3.8) is 0 Å². The summed E-state index contributed by atoms with van der Waals surface area (Å²) in [5.41, 5.74) is 20.5. The first kappa shape index (κ1) is 33.2. The van der Waals surface area contributed by atoms with Gasteiger partial charge in [0.2, 0.25) is 0 Å². The molecule has 2 heterocycles. The zero-order valence-electron chi connectivity index (χ0n) is 31.9. The predicted molar refractivity (Wildman–Crippen MR) is 237 cm³/mol. The first-order chi connectivity index (χ1) is 28.1. The monoisotopic (exact) mass is 732 g/mol. The van der Waals surface area contributed by atoms with Crippen molar-refractivity contribution in [2.45, 2.75) is 25.4 Å². The molecule has 2 aliphatic rings. The Morgan fingerprint density at radius 1 is 0.491 bits per heavy atom. The second kappa shape index (κ2) is 13.0. The molecule has 4 nitrogen and oxygen atoms in total. The highest BCUT2D eigenvalue weighted by molar-refractivity contribution is 6.17. The van der Waals surface area contributed by atoms with Crippen molar-refractivity contribution in [3.05, 3.63) is 216 Å². The summed E-state index contributed by atoms with van der Waals surface area (Å²) >= 11 is 0. The van der Waals surface area contributed by atoms with Crippen LogP contribution in [-0.4, -0.2) is 10.4 Å². The van der Waals surface area contributed by atoms with Crippen molar-refractivity contribution in [1.82, 2.24) is 9.99 Å². The van der Waals surface area contributed by atoms with Gasteiger partial charge >= 0.3 is 0 Å². The van der Waals surface area contributed by atoms with E-state index in [9.17, 15) is 0 Å². The number of hydrazone groups is 1. The van der Waals surface area contributed by atoms with Crippen LogP contribution in [0.15, 0.2) is 199 Å². The Morgan fingerprint density at radius 3 is 1.91 bits per heavy atom. The molecule has 9 aromatic rings. The third kappa shape index (κ3) is 5.18. The largest absolute Gasteiger partial charge is 0.309 e. The van der Waals surface area contributed by atoms with E-state index < -0.39 is 0 Å². The van der Waals surface area contributed by atoms with E-state index in [1.54, 1.807) is 0 Å². The number of amidine groups is 1. The van der Waals surface area contributed by atoms with E-state index >= 15 is 0 Å². The summed E-state index contributed by atoms with van der Waals surface area (Å²) < 4.78 is 2.42. The lowest BCUT2D eigenvalue weighted by molar-refractivity contribution is 0.617. The fraction of sp³-hybridized carbons (Fsp3) is 0.0755. The highest BCUT2D eigenvalue weighted by Crippen LogP contribution is 2.52. The molecule has 0 spiro atoms. The van der Waals surface area contributed by atoms with Gasteiger partial charge in [-0.2, -0.15) is 5.10 Å². The van der Waals surface area contributed by atoms with Gasteiger partial charge in [-0.1, -0.05) is 166 Å². The number of anilines is 1. The molecule has 0 amide bonds. The number of hydrogen-bond donors (Lipinski definition) is 1. The minimum atomic E-state index is -0.129. The third-order valence-electron chi connectivity index (χ3n) is 12.1. The molecule has 0 saturated heterocycles. The Balaban J connectivity index is 1.08. The van der Waals surface area contributed by atoms with Crippen LogP contribution in [0.2, 0.25) is 0 Å². The maximum Gasteiger partial charge on any atom is 0.162 e. The second-order valence-corrected chi connectivity index (χ2v) is 15.7. The number of rotatable bonds is 6. The van der Waals surface area contributed by atoms with Gasteiger partial charge in [0.05, 0.1) is 11.0 Å². The van der Waals surface area contributed by atoms with E-state index in [1.807, 2.05) is 6.07 Å². The van der Waals surface area contributed by atoms with Gasteiger partial charge in [-0.3, -0.25) is 10.3 Å². The quantitative estimate of drug-likeness (QED) is 0.185. The number of para-hydroxylation sites is 1. The van der Waals surface area contributed by atoms with Crippen LogP contribution < -0.4 is 10.3 Å². The smallest absolute Gasteiger partial charge is 0.162 e. The Labute approximate surface area is 333 Å². The summed E-state index contributed by atoms with van der Waals surface area (Å²) in [6.45, 7) is 4.75. The van der Waals surface area contributed by atoms with Gasteiger partial charge in [-0.25, -0.2) is 0 Å². The predicted octanol–water partition coefficient (Wildman–Crippen LogP) is 12.9. The highest BCUT2D eigenvalue weighted by atomic mass is 15.5. The van der Waals surface area contributed by atoms with Crippen LogP contribution in [-0.2, 0) is 5.41 Å². The molecule has 1 atom stereocenters. The molecule has 0 fully saturated rings. The minimum absolute atomic E-state index is 0.113. The van der Waals surface area contributed by atoms with E-state index in [2.05, 4.69) is 217 Å². The molecule has 1 aliphatic heterocycles. The van der Waals surface area contributed by atoms with Crippen LogP contribution in [0.5, 0.6) is 0 Å². The van der Waals surface area contributed by atoms with Gasteiger partial charge in [0, 0.05) is 33.1 Å². The topological polar surface area (TPSA) is 32.6 Å². The average Bonchev–Trinajstić information content (AvgIpc) is 3.93. The molecule has 1 N–H and O–H groups in total. The molecule has 0 radical (unpaired) electrons. The van der Waals surface area contributed by atoms with Crippen LogP contribution >= 0.6 is 0 Å². The molecule has 8 aromatic carbocycles. The van der Waals surface area contributed by atoms with Gasteiger partial charge in [0.25, 0.3) is 0 Å². The Morgan fingerprint density at radius 2 is 1.12 bits per heavy atom. The van der Waals surface area contributed by atoms with Crippen molar-refractivity contribution in [2.75, 3.05) is 4.90 Å². The van der Waals surface area contributed by atoms with Crippen LogP contribution in [0.25, 0.3) is 60.9 Å². The van der Waals surface area contributed by atoms with Crippen molar-refractivity contribution in [2.24, 2.45) is 5.10 Å². The van der Waals surface area contributed by atoms with Crippen LogP contribution in [0.1, 0.15) is 42.3 Å². The number of aromatic nitrogens is 1. The average molecular weight is 733 g/mol. The number of fused-ring (bicyclic) bond motifs is 6. The lowest BCUT2D eigenvalue weighted by Gasteiger charge is -2.28. The fourth-order valence-corrected chi connectivity index (χ4v) is 9.50. The Hall–Kier alpha value is -7.17. The summed E-state index contributed by atoms with van der Waals surface area (Å²) in [6.07, 6.45) is -0.129. The lowest BCUT2D eigenvalue weighted by Crippen LogP contribution is -2.33.